The number of nitrogens with one attached hydrogen (secondary N) is 1. The van der Waals surface area contributed by atoms with Gasteiger partial charge in [0, 0.05) is 37.7 Å². The summed E-state index contributed by atoms with van der Waals surface area (Å²) in [4.78, 5) is 13.2. The van der Waals surface area contributed by atoms with Crippen LogP contribution in [0.1, 0.15) is 37.8 Å². The van der Waals surface area contributed by atoms with Gasteiger partial charge < -0.3 is 10.2 Å². The molecular weight excluding hydrogens is 279 g/mol. The van der Waals surface area contributed by atoms with E-state index in [0.29, 0.717) is 18.5 Å². The molecule has 0 unspecified atom stereocenters. The van der Waals surface area contributed by atoms with Gasteiger partial charge in [0.25, 0.3) is 0 Å². The quantitative estimate of drug-likeness (QED) is 0.926. The zero-order valence-corrected chi connectivity index (χ0v) is 12.6. The van der Waals surface area contributed by atoms with Gasteiger partial charge in [0.15, 0.2) is 0 Å². The number of hydrogen-bond donors (Lipinski definition) is 1. The van der Waals surface area contributed by atoms with E-state index in [-0.39, 0.29) is 28.8 Å². The zero-order valence-electron chi connectivity index (χ0n) is 11.8. The minimum atomic E-state index is -0.353. The maximum absolute atomic E-state index is 14.1. The highest BCUT2D eigenvalue weighted by molar-refractivity contribution is 6.30. The van der Waals surface area contributed by atoms with Crippen molar-refractivity contribution in [1.82, 2.24) is 10.2 Å². The molecule has 0 aromatic heterocycles. The van der Waals surface area contributed by atoms with Crippen LogP contribution in [0.4, 0.5) is 4.39 Å². The van der Waals surface area contributed by atoms with Crippen LogP contribution >= 0.6 is 11.6 Å². The summed E-state index contributed by atoms with van der Waals surface area (Å²) in [7, 11) is 1.80. The molecule has 0 bridgehead atoms. The Bertz CT molecular complexity index is 495. The second-order valence-corrected chi connectivity index (χ2v) is 5.69. The fourth-order valence-corrected chi connectivity index (χ4v) is 2.83. The van der Waals surface area contributed by atoms with E-state index < -0.39 is 0 Å². The summed E-state index contributed by atoms with van der Waals surface area (Å²) in [6.07, 6.45) is 2.11. The van der Waals surface area contributed by atoms with E-state index in [1.165, 1.54) is 0 Å². The Morgan fingerprint density at radius 2 is 2.30 bits per heavy atom. The SMILES string of the molecule is CC[C@H](N[C@@H]1CCC(=O)N(C)C1)c1cccc(Cl)c1F. The second kappa shape index (κ2) is 6.55. The van der Waals surface area contributed by atoms with E-state index in [0.717, 1.165) is 12.8 Å². The molecule has 0 saturated carbocycles. The summed E-state index contributed by atoms with van der Waals surface area (Å²) in [5.41, 5.74) is 0.597. The van der Waals surface area contributed by atoms with Crippen molar-refractivity contribution in [3.63, 3.8) is 0 Å². The Morgan fingerprint density at radius 3 is 2.95 bits per heavy atom. The molecular formula is C15H20ClFN2O. The molecule has 5 heteroatoms. The number of carbonyl (C=O) groups is 1. The summed E-state index contributed by atoms with van der Waals surface area (Å²) in [6, 6.07) is 5.20. The number of hydrogen-bond acceptors (Lipinski definition) is 2. The number of carbonyl (C=O) groups excluding carboxylic acids is 1. The molecule has 0 radical (unpaired) electrons. The van der Waals surface area contributed by atoms with Crippen LogP contribution in [0.3, 0.4) is 0 Å². The third-order valence-electron chi connectivity index (χ3n) is 3.83. The molecule has 2 rings (SSSR count). The third kappa shape index (κ3) is 3.30. The predicted octanol–water partition coefficient (Wildman–Crippen LogP) is 3.14. The lowest BCUT2D eigenvalue weighted by atomic mass is 9.99. The number of likely N-dealkylation sites (N-methyl/N-ethyl adjacent to an activating group) is 1. The van der Waals surface area contributed by atoms with Crippen molar-refractivity contribution in [3.05, 3.63) is 34.6 Å². The molecule has 1 N–H and O–H groups in total. The molecule has 0 aliphatic carbocycles. The van der Waals surface area contributed by atoms with Crippen molar-refractivity contribution in [3.8, 4) is 0 Å². The summed E-state index contributed by atoms with van der Waals surface area (Å²) in [5.74, 6) is -0.182. The van der Waals surface area contributed by atoms with Gasteiger partial charge in [-0.2, -0.15) is 0 Å². The van der Waals surface area contributed by atoms with Crippen LogP contribution < -0.4 is 5.32 Å². The highest BCUT2D eigenvalue weighted by Gasteiger charge is 2.26. The Labute approximate surface area is 124 Å². The first-order chi connectivity index (χ1) is 9.52. The van der Waals surface area contributed by atoms with E-state index in [2.05, 4.69) is 5.32 Å². The lowest BCUT2D eigenvalue weighted by molar-refractivity contribution is -0.132. The molecule has 1 aromatic rings. The molecule has 1 amide bonds. The van der Waals surface area contributed by atoms with Gasteiger partial charge in [-0.1, -0.05) is 30.7 Å². The molecule has 1 aliphatic heterocycles. The second-order valence-electron chi connectivity index (χ2n) is 5.28. The van der Waals surface area contributed by atoms with Gasteiger partial charge in [0.2, 0.25) is 5.91 Å². The number of amides is 1. The highest BCUT2D eigenvalue weighted by Crippen LogP contribution is 2.26. The van der Waals surface area contributed by atoms with E-state index >= 15 is 0 Å². The molecule has 110 valence electrons. The van der Waals surface area contributed by atoms with Gasteiger partial charge in [-0.3, -0.25) is 4.79 Å². The lowest BCUT2D eigenvalue weighted by Gasteiger charge is -2.33. The van der Waals surface area contributed by atoms with Crippen molar-refractivity contribution in [2.75, 3.05) is 13.6 Å². The molecule has 3 nitrogen and oxygen atoms in total. The number of halogens is 2. The molecule has 1 aliphatic rings. The fraction of sp³-hybridized carbons (Fsp3) is 0.533. The van der Waals surface area contributed by atoms with E-state index in [9.17, 15) is 9.18 Å². The van der Waals surface area contributed by atoms with Crippen LogP contribution in [0.25, 0.3) is 0 Å². The van der Waals surface area contributed by atoms with Gasteiger partial charge in [0.1, 0.15) is 5.82 Å². The number of benzene rings is 1. The Morgan fingerprint density at radius 1 is 1.55 bits per heavy atom. The van der Waals surface area contributed by atoms with E-state index in [1.807, 2.05) is 6.92 Å². The first kappa shape index (κ1) is 15.3. The minimum Gasteiger partial charge on any atom is -0.344 e. The van der Waals surface area contributed by atoms with Crippen molar-refractivity contribution >= 4 is 17.5 Å². The molecule has 0 spiro atoms. The highest BCUT2D eigenvalue weighted by atomic mass is 35.5. The Kier molecular flexibility index (Phi) is 5.00. The average molecular weight is 299 g/mol. The Hall–Kier alpha value is -1.13. The topological polar surface area (TPSA) is 32.3 Å². The van der Waals surface area contributed by atoms with Crippen LogP contribution in [-0.2, 0) is 4.79 Å². The first-order valence-corrected chi connectivity index (χ1v) is 7.34. The van der Waals surface area contributed by atoms with Gasteiger partial charge >= 0.3 is 0 Å². The molecule has 2 atom stereocenters. The molecule has 20 heavy (non-hydrogen) atoms. The normalized spacial score (nSPS) is 21.1. The number of rotatable bonds is 4. The molecule has 1 saturated heterocycles. The summed E-state index contributed by atoms with van der Waals surface area (Å²) in [6.45, 7) is 2.67. The number of likely N-dealkylation sites (tertiary alicyclic amines) is 1. The van der Waals surface area contributed by atoms with Crippen LogP contribution in [0.5, 0.6) is 0 Å². The van der Waals surface area contributed by atoms with Crippen molar-refractivity contribution < 1.29 is 9.18 Å². The zero-order chi connectivity index (χ0) is 14.7. The monoisotopic (exact) mass is 298 g/mol. The standard InChI is InChI=1S/C15H20ClFN2O/c1-3-13(11-5-4-6-12(16)15(11)17)18-10-7-8-14(20)19(2)9-10/h4-6,10,13,18H,3,7-9H2,1-2H3/t10-,13+/m1/s1. The lowest BCUT2D eigenvalue weighted by Crippen LogP contribution is -2.47. The van der Waals surface area contributed by atoms with Crippen LogP contribution in [0.2, 0.25) is 5.02 Å². The van der Waals surface area contributed by atoms with Crippen molar-refractivity contribution in [2.24, 2.45) is 0 Å². The molecule has 1 heterocycles. The predicted molar refractivity (Wildman–Crippen MR) is 78.2 cm³/mol. The maximum Gasteiger partial charge on any atom is 0.222 e. The number of nitrogens with zero attached hydrogens (tertiary/aromatic N) is 1. The smallest absolute Gasteiger partial charge is 0.222 e. The third-order valence-corrected chi connectivity index (χ3v) is 4.12. The van der Waals surface area contributed by atoms with Gasteiger partial charge in [-0.05, 0) is 18.9 Å². The number of piperidine rings is 1. The molecule has 1 fully saturated rings. The maximum atomic E-state index is 14.1. The van der Waals surface area contributed by atoms with Crippen LogP contribution in [0.15, 0.2) is 18.2 Å². The largest absolute Gasteiger partial charge is 0.344 e. The Balaban J connectivity index is 2.09. The van der Waals surface area contributed by atoms with Crippen LogP contribution in [0, 0.1) is 5.82 Å². The van der Waals surface area contributed by atoms with Gasteiger partial charge in [-0.15, -0.1) is 0 Å². The summed E-state index contributed by atoms with van der Waals surface area (Å²) in [5, 5.41) is 3.60. The first-order valence-electron chi connectivity index (χ1n) is 6.96. The van der Waals surface area contributed by atoms with E-state index in [4.69, 9.17) is 11.6 Å². The van der Waals surface area contributed by atoms with Crippen molar-refractivity contribution in [2.45, 2.75) is 38.3 Å². The van der Waals surface area contributed by atoms with E-state index in [1.54, 1.807) is 30.1 Å². The van der Waals surface area contributed by atoms with Crippen LogP contribution in [-0.4, -0.2) is 30.4 Å². The van der Waals surface area contributed by atoms with Gasteiger partial charge in [0.05, 0.1) is 5.02 Å². The summed E-state index contributed by atoms with van der Waals surface area (Å²) < 4.78 is 14.1. The van der Waals surface area contributed by atoms with Gasteiger partial charge in [-0.25, -0.2) is 4.39 Å². The van der Waals surface area contributed by atoms with Crippen molar-refractivity contribution in [1.29, 1.82) is 0 Å². The fourth-order valence-electron chi connectivity index (χ4n) is 2.65. The minimum absolute atomic E-state index is 0.0831. The summed E-state index contributed by atoms with van der Waals surface area (Å²) >= 11 is 5.84. The molecule has 1 aromatic carbocycles. The average Bonchev–Trinajstić information content (AvgIpc) is 2.43.